The van der Waals surface area contributed by atoms with Gasteiger partial charge in [-0.05, 0) is 47.7 Å². The summed E-state index contributed by atoms with van der Waals surface area (Å²) in [5, 5.41) is 0.151. The molecule has 1 aromatic heterocycles. The lowest BCUT2D eigenvalue weighted by Crippen LogP contribution is -2.07. The zero-order valence-corrected chi connectivity index (χ0v) is 10.4. The van der Waals surface area contributed by atoms with Crippen molar-refractivity contribution in [3.05, 3.63) is 39.1 Å². The summed E-state index contributed by atoms with van der Waals surface area (Å²) in [7, 11) is 0. The predicted octanol–water partition coefficient (Wildman–Crippen LogP) is 4.17. The number of fused-ring (bicyclic) bond motifs is 1. The number of pyridine rings is 1. The molecule has 0 atom stereocenters. The maximum absolute atomic E-state index is 12.8. The molecule has 0 aliphatic heterocycles. The van der Waals surface area contributed by atoms with Crippen molar-refractivity contribution in [3.8, 4) is 0 Å². The van der Waals surface area contributed by atoms with Crippen molar-refractivity contribution in [1.82, 2.24) is 4.98 Å². The molecule has 0 saturated heterocycles. The van der Waals surface area contributed by atoms with Gasteiger partial charge in [-0.1, -0.05) is 6.07 Å². The number of benzene rings is 1. The van der Waals surface area contributed by atoms with Gasteiger partial charge in [-0.25, -0.2) is 0 Å². The monoisotopic (exact) mass is 337 g/mol. The molecule has 0 N–H and O–H groups in total. The maximum atomic E-state index is 12.8. The first-order valence-electron chi connectivity index (χ1n) is 4.52. The van der Waals surface area contributed by atoms with E-state index in [-0.39, 0.29) is 5.39 Å². The van der Waals surface area contributed by atoms with Crippen LogP contribution in [-0.2, 0) is 6.18 Å². The van der Waals surface area contributed by atoms with Gasteiger partial charge in [0.15, 0.2) is 0 Å². The number of nitrogens with zero attached hydrogens (tertiary/aromatic N) is 1. The number of aryl methyl sites for hydroxylation is 1. The zero-order chi connectivity index (χ0) is 11.9. The Morgan fingerprint density at radius 1 is 1.19 bits per heavy atom. The fraction of sp³-hybridized carbons (Fsp3) is 0.182. The highest BCUT2D eigenvalue weighted by Crippen LogP contribution is 2.35. The van der Waals surface area contributed by atoms with Crippen LogP contribution in [0.2, 0.25) is 0 Å². The summed E-state index contributed by atoms with van der Waals surface area (Å²) in [4.78, 5) is 4.11. The molecule has 5 heteroatoms. The lowest BCUT2D eigenvalue weighted by Gasteiger charge is -2.11. The molecule has 0 aliphatic rings. The first-order valence-corrected chi connectivity index (χ1v) is 5.60. The summed E-state index contributed by atoms with van der Waals surface area (Å²) in [6, 6.07) is 5.84. The molecule has 2 aromatic rings. The molecule has 0 saturated carbocycles. The Morgan fingerprint density at radius 3 is 2.50 bits per heavy atom. The lowest BCUT2D eigenvalue weighted by molar-refractivity contribution is -0.136. The molecule has 2 rings (SSSR count). The molecule has 1 nitrogen and oxygen atoms in total. The molecular formula is C11H7F3IN. The van der Waals surface area contributed by atoms with E-state index in [1.54, 1.807) is 19.1 Å². The molecule has 0 aliphatic carbocycles. The highest BCUT2D eigenvalue weighted by atomic mass is 127. The number of rotatable bonds is 0. The summed E-state index contributed by atoms with van der Waals surface area (Å²) in [6.45, 7) is 1.56. The van der Waals surface area contributed by atoms with Gasteiger partial charge >= 0.3 is 6.18 Å². The van der Waals surface area contributed by atoms with Crippen LogP contribution in [0.4, 0.5) is 13.2 Å². The molecule has 1 heterocycles. The number of halogens is 4. The summed E-state index contributed by atoms with van der Waals surface area (Å²) in [6.07, 6.45) is -4.33. The van der Waals surface area contributed by atoms with Crippen LogP contribution >= 0.6 is 22.6 Å². The second kappa shape index (κ2) is 3.87. The molecule has 16 heavy (non-hydrogen) atoms. The molecule has 1 aromatic carbocycles. The molecule has 0 unspecified atom stereocenters. The Morgan fingerprint density at radius 2 is 1.88 bits per heavy atom. The fourth-order valence-corrected chi connectivity index (χ4v) is 2.04. The standard InChI is InChI=1S/C11H7F3IN/c1-6-4-9(11(12,13)14)8-3-2-7(15)5-10(8)16-6/h2-5H,1H3. The van der Waals surface area contributed by atoms with Gasteiger partial charge in [-0.2, -0.15) is 13.2 Å². The first kappa shape index (κ1) is 11.6. The molecule has 0 spiro atoms. The normalized spacial score (nSPS) is 12.1. The van der Waals surface area contributed by atoms with Crippen molar-refractivity contribution < 1.29 is 13.2 Å². The minimum absolute atomic E-state index is 0.151. The maximum Gasteiger partial charge on any atom is 0.417 e. The van der Waals surface area contributed by atoms with E-state index in [0.717, 1.165) is 9.64 Å². The van der Waals surface area contributed by atoms with E-state index in [0.29, 0.717) is 11.2 Å². The predicted molar refractivity (Wildman–Crippen MR) is 64.2 cm³/mol. The minimum Gasteiger partial charge on any atom is -0.253 e. The van der Waals surface area contributed by atoms with Gasteiger partial charge in [0.25, 0.3) is 0 Å². The molecule has 0 fully saturated rings. The second-order valence-electron chi connectivity index (χ2n) is 3.47. The van der Waals surface area contributed by atoms with Gasteiger partial charge in [-0.15, -0.1) is 0 Å². The van der Waals surface area contributed by atoms with Crippen LogP contribution in [0.5, 0.6) is 0 Å². The number of aromatic nitrogens is 1. The summed E-state index contributed by atoms with van der Waals surface area (Å²) >= 11 is 2.05. The Bertz CT molecular complexity index is 543. The third kappa shape index (κ3) is 2.14. The van der Waals surface area contributed by atoms with Crippen LogP contribution in [-0.4, -0.2) is 4.98 Å². The van der Waals surface area contributed by atoms with E-state index in [1.807, 2.05) is 0 Å². The Kier molecular flexibility index (Phi) is 2.81. The Hall–Kier alpha value is -0.850. The van der Waals surface area contributed by atoms with Gasteiger partial charge in [-0.3, -0.25) is 4.98 Å². The first-order chi connectivity index (χ1) is 7.38. The van der Waals surface area contributed by atoms with Crippen LogP contribution in [0.3, 0.4) is 0 Å². The Balaban J connectivity index is 2.83. The van der Waals surface area contributed by atoms with Gasteiger partial charge in [0.1, 0.15) is 0 Å². The molecular weight excluding hydrogens is 330 g/mol. The quantitative estimate of drug-likeness (QED) is 0.658. The van der Waals surface area contributed by atoms with Crippen molar-refractivity contribution in [2.45, 2.75) is 13.1 Å². The van der Waals surface area contributed by atoms with Crippen molar-refractivity contribution in [1.29, 1.82) is 0 Å². The number of alkyl halides is 3. The average molecular weight is 337 g/mol. The van der Waals surface area contributed by atoms with E-state index in [4.69, 9.17) is 0 Å². The van der Waals surface area contributed by atoms with Crippen LogP contribution in [0, 0.1) is 10.5 Å². The van der Waals surface area contributed by atoms with Crippen LogP contribution in [0.1, 0.15) is 11.3 Å². The van der Waals surface area contributed by atoms with E-state index in [1.165, 1.54) is 6.07 Å². The third-order valence-electron chi connectivity index (χ3n) is 2.21. The van der Waals surface area contributed by atoms with Gasteiger partial charge < -0.3 is 0 Å². The molecule has 0 amide bonds. The molecule has 0 bridgehead atoms. The van der Waals surface area contributed by atoms with E-state index < -0.39 is 11.7 Å². The van der Waals surface area contributed by atoms with Gasteiger partial charge in [0, 0.05) is 14.7 Å². The van der Waals surface area contributed by atoms with Gasteiger partial charge in [0.2, 0.25) is 0 Å². The second-order valence-corrected chi connectivity index (χ2v) is 4.72. The molecule has 84 valence electrons. The zero-order valence-electron chi connectivity index (χ0n) is 8.27. The van der Waals surface area contributed by atoms with Crippen molar-refractivity contribution in [2.75, 3.05) is 0 Å². The minimum atomic E-state index is -4.33. The topological polar surface area (TPSA) is 12.9 Å². The summed E-state index contributed by atoms with van der Waals surface area (Å²) in [5.41, 5.74) is 0.146. The van der Waals surface area contributed by atoms with Crippen molar-refractivity contribution in [3.63, 3.8) is 0 Å². The lowest BCUT2D eigenvalue weighted by atomic mass is 10.1. The smallest absolute Gasteiger partial charge is 0.253 e. The van der Waals surface area contributed by atoms with E-state index >= 15 is 0 Å². The molecule has 0 radical (unpaired) electrons. The Labute approximate surface area is 104 Å². The summed E-state index contributed by atoms with van der Waals surface area (Å²) in [5.74, 6) is 0. The average Bonchev–Trinajstić information content (AvgIpc) is 2.14. The SMILES string of the molecule is Cc1cc(C(F)(F)F)c2ccc(I)cc2n1. The van der Waals surface area contributed by atoms with Crippen molar-refractivity contribution >= 4 is 33.5 Å². The fourth-order valence-electron chi connectivity index (χ4n) is 1.57. The van der Waals surface area contributed by atoms with E-state index in [2.05, 4.69) is 27.6 Å². The highest BCUT2D eigenvalue weighted by molar-refractivity contribution is 14.1. The largest absolute Gasteiger partial charge is 0.417 e. The summed E-state index contributed by atoms with van der Waals surface area (Å²) < 4.78 is 39.2. The highest BCUT2D eigenvalue weighted by Gasteiger charge is 2.33. The van der Waals surface area contributed by atoms with E-state index in [9.17, 15) is 13.2 Å². The number of hydrogen-bond acceptors (Lipinski definition) is 1. The van der Waals surface area contributed by atoms with Gasteiger partial charge in [0.05, 0.1) is 11.1 Å². The van der Waals surface area contributed by atoms with Crippen LogP contribution < -0.4 is 0 Å². The van der Waals surface area contributed by atoms with Crippen LogP contribution in [0.25, 0.3) is 10.9 Å². The number of hydrogen-bond donors (Lipinski definition) is 0. The van der Waals surface area contributed by atoms with Crippen molar-refractivity contribution in [2.24, 2.45) is 0 Å². The van der Waals surface area contributed by atoms with Crippen LogP contribution in [0.15, 0.2) is 24.3 Å². The third-order valence-corrected chi connectivity index (χ3v) is 2.88.